The van der Waals surface area contributed by atoms with Crippen molar-refractivity contribution in [1.29, 1.82) is 0 Å². The minimum absolute atomic E-state index is 0.294. The number of carbonyl (C=O) groups is 2. The third-order valence-corrected chi connectivity index (χ3v) is 3.60. The van der Waals surface area contributed by atoms with Crippen molar-refractivity contribution in [3.63, 3.8) is 0 Å². The summed E-state index contributed by atoms with van der Waals surface area (Å²) in [6, 6.07) is 11.6. The lowest BCUT2D eigenvalue weighted by atomic mass is 10.3. The largest absolute Gasteiger partial charge is 0.469 e. The first kappa shape index (κ1) is 17.6. The minimum atomic E-state index is -0.555. The average Bonchev–Trinajstić information content (AvgIpc) is 3.03. The molecule has 0 saturated heterocycles. The highest BCUT2D eigenvalue weighted by Gasteiger charge is 2.14. The molecule has 0 bridgehead atoms. The summed E-state index contributed by atoms with van der Waals surface area (Å²) in [6.07, 6.45) is 2.21. The number of hydrogen-bond acceptors (Lipinski definition) is 5. The van der Waals surface area contributed by atoms with E-state index in [0.717, 1.165) is 18.7 Å². The van der Waals surface area contributed by atoms with Crippen molar-refractivity contribution in [3.05, 3.63) is 54.0 Å². The highest BCUT2D eigenvalue weighted by molar-refractivity contribution is 5.92. The van der Waals surface area contributed by atoms with Gasteiger partial charge >= 0.3 is 5.97 Å². The summed E-state index contributed by atoms with van der Waals surface area (Å²) in [5.74, 6) is -0.392. The zero-order valence-electron chi connectivity index (χ0n) is 14.0. The van der Waals surface area contributed by atoms with Gasteiger partial charge in [-0.15, -0.1) is 0 Å². The van der Waals surface area contributed by atoms with Crippen LogP contribution in [0.5, 0.6) is 0 Å². The number of nitrogens with one attached hydrogen (secondary N) is 1. The van der Waals surface area contributed by atoms with Crippen molar-refractivity contribution in [3.8, 4) is 0 Å². The molecule has 1 aromatic heterocycles. The van der Waals surface area contributed by atoms with Crippen LogP contribution in [0, 0.1) is 6.92 Å². The molecule has 1 aromatic carbocycles. The van der Waals surface area contributed by atoms with Gasteiger partial charge in [-0.05, 0) is 31.5 Å². The Morgan fingerprint density at radius 1 is 1.21 bits per heavy atom. The van der Waals surface area contributed by atoms with E-state index in [4.69, 9.17) is 9.15 Å². The molecule has 0 spiro atoms. The van der Waals surface area contributed by atoms with Crippen molar-refractivity contribution in [1.82, 2.24) is 5.32 Å². The Morgan fingerprint density at radius 2 is 1.96 bits per heavy atom. The molecule has 0 saturated carbocycles. The molecule has 1 heterocycles. The van der Waals surface area contributed by atoms with Gasteiger partial charge in [0.25, 0.3) is 5.91 Å². The predicted octanol–water partition coefficient (Wildman–Crippen LogP) is 2.39. The summed E-state index contributed by atoms with van der Waals surface area (Å²) in [4.78, 5) is 25.5. The topological polar surface area (TPSA) is 71.8 Å². The number of nitrogens with zero attached hydrogens (tertiary/aromatic N) is 1. The van der Waals surface area contributed by atoms with Crippen LogP contribution in [0.3, 0.4) is 0 Å². The quantitative estimate of drug-likeness (QED) is 0.594. The second-order valence-electron chi connectivity index (χ2n) is 5.43. The molecule has 6 nitrogen and oxygen atoms in total. The monoisotopic (exact) mass is 330 g/mol. The molecule has 0 unspecified atom stereocenters. The molecule has 0 aliphatic heterocycles. The van der Waals surface area contributed by atoms with Crippen LogP contribution < -0.4 is 10.2 Å². The lowest BCUT2D eigenvalue weighted by molar-refractivity contribution is -0.124. The third kappa shape index (κ3) is 5.15. The number of rotatable bonds is 8. The van der Waals surface area contributed by atoms with E-state index < -0.39 is 5.97 Å². The normalized spacial score (nSPS) is 10.2. The molecular weight excluding hydrogens is 308 g/mol. The van der Waals surface area contributed by atoms with Crippen molar-refractivity contribution >= 4 is 17.6 Å². The summed E-state index contributed by atoms with van der Waals surface area (Å²) in [6.45, 7) is 2.72. The fraction of sp³-hybridized carbons (Fsp3) is 0.333. The van der Waals surface area contributed by atoms with Crippen LogP contribution in [0.25, 0.3) is 0 Å². The Bertz CT molecular complexity index is 667. The molecule has 0 aliphatic carbocycles. The third-order valence-electron chi connectivity index (χ3n) is 3.60. The fourth-order valence-corrected chi connectivity index (χ4v) is 2.21. The summed E-state index contributed by atoms with van der Waals surface area (Å²) in [5, 5.41) is 2.74. The Morgan fingerprint density at radius 3 is 2.62 bits per heavy atom. The van der Waals surface area contributed by atoms with Gasteiger partial charge in [-0.25, -0.2) is 4.79 Å². The van der Waals surface area contributed by atoms with Crippen LogP contribution >= 0.6 is 0 Å². The van der Waals surface area contributed by atoms with E-state index in [1.807, 2.05) is 37.4 Å². The highest BCUT2D eigenvalue weighted by Crippen LogP contribution is 2.11. The number of para-hydroxylation sites is 1. The van der Waals surface area contributed by atoms with E-state index >= 15 is 0 Å². The molecular formula is C18H22N2O4. The maximum atomic E-state index is 11.7. The number of furan rings is 1. The number of ether oxygens (including phenoxy) is 1. The number of esters is 1. The van der Waals surface area contributed by atoms with E-state index in [2.05, 4.69) is 10.2 Å². The van der Waals surface area contributed by atoms with Crippen molar-refractivity contribution in [2.45, 2.75) is 13.3 Å². The van der Waals surface area contributed by atoms with Gasteiger partial charge in [-0.3, -0.25) is 4.79 Å². The van der Waals surface area contributed by atoms with Crippen LogP contribution in [0.15, 0.2) is 47.1 Å². The molecule has 2 aromatic rings. The molecule has 0 atom stereocenters. The number of aryl methyl sites for hydroxylation is 1. The zero-order chi connectivity index (χ0) is 17.4. The van der Waals surface area contributed by atoms with E-state index in [1.54, 1.807) is 6.92 Å². The Balaban J connectivity index is 1.62. The number of anilines is 1. The number of benzene rings is 1. The highest BCUT2D eigenvalue weighted by atomic mass is 16.5. The fourth-order valence-electron chi connectivity index (χ4n) is 2.21. The average molecular weight is 330 g/mol. The van der Waals surface area contributed by atoms with Gasteiger partial charge in [0.1, 0.15) is 11.3 Å². The molecule has 0 aliphatic rings. The van der Waals surface area contributed by atoms with Crippen molar-refractivity contribution < 1.29 is 18.7 Å². The second kappa shape index (κ2) is 8.76. The maximum Gasteiger partial charge on any atom is 0.342 e. The molecule has 1 amide bonds. The van der Waals surface area contributed by atoms with Gasteiger partial charge < -0.3 is 19.4 Å². The van der Waals surface area contributed by atoms with Gasteiger partial charge in [0, 0.05) is 25.8 Å². The van der Waals surface area contributed by atoms with Crippen LogP contribution in [-0.4, -0.2) is 38.6 Å². The molecule has 0 radical (unpaired) electrons. The van der Waals surface area contributed by atoms with E-state index in [9.17, 15) is 9.59 Å². The van der Waals surface area contributed by atoms with Crippen LogP contribution in [0.2, 0.25) is 0 Å². The summed E-state index contributed by atoms with van der Waals surface area (Å²) in [5.41, 5.74) is 1.47. The van der Waals surface area contributed by atoms with Crippen molar-refractivity contribution in [2.24, 2.45) is 0 Å². The number of amides is 1. The Kier molecular flexibility index (Phi) is 6.42. The Labute approximate surface area is 141 Å². The lowest BCUT2D eigenvalue weighted by Crippen LogP contribution is -2.31. The molecule has 0 fully saturated rings. The predicted molar refractivity (Wildman–Crippen MR) is 91.1 cm³/mol. The maximum absolute atomic E-state index is 11.7. The number of hydrogen-bond donors (Lipinski definition) is 1. The zero-order valence-corrected chi connectivity index (χ0v) is 14.0. The molecule has 1 N–H and O–H groups in total. The summed E-state index contributed by atoms with van der Waals surface area (Å²) >= 11 is 0. The van der Waals surface area contributed by atoms with Gasteiger partial charge in [0.2, 0.25) is 0 Å². The lowest BCUT2D eigenvalue weighted by Gasteiger charge is -2.19. The standard InChI is InChI=1S/C18H22N2O4/c1-14-16(9-12-23-14)18(22)24-13-17(21)19-10-6-11-20(2)15-7-4-3-5-8-15/h3-5,7-9,12H,6,10-11,13H2,1-2H3,(H,19,21). The summed E-state index contributed by atoms with van der Waals surface area (Å²) in [7, 11) is 2.01. The van der Waals surface area contributed by atoms with E-state index in [1.165, 1.54) is 12.3 Å². The molecule has 24 heavy (non-hydrogen) atoms. The first-order valence-electron chi connectivity index (χ1n) is 7.82. The van der Waals surface area contributed by atoms with Crippen molar-refractivity contribution in [2.75, 3.05) is 31.6 Å². The van der Waals surface area contributed by atoms with E-state index in [0.29, 0.717) is 17.9 Å². The first-order chi connectivity index (χ1) is 11.6. The van der Waals surface area contributed by atoms with Crippen LogP contribution in [-0.2, 0) is 9.53 Å². The Hall–Kier alpha value is -2.76. The first-order valence-corrected chi connectivity index (χ1v) is 7.82. The molecule has 2 rings (SSSR count). The van der Waals surface area contributed by atoms with Gasteiger partial charge in [0.15, 0.2) is 6.61 Å². The van der Waals surface area contributed by atoms with Gasteiger partial charge in [-0.2, -0.15) is 0 Å². The smallest absolute Gasteiger partial charge is 0.342 e. The molecule has 6 heteroatoms. The van der Waals surface area contributed by atoms with Gasteiger partial charge in [0.05, 0.1) is 6.26 Å². The van der Waals surface area contributed by atoms with Crippen LogP contribution in [0.1, 0.15) is 22.5 Å². The molecule has 128 valence electrons. The van der Waals surface area contributed by atoms with Crippen LogP contribution in [0.4, 0.5) is 5.69 Å². The van der Waals surface area contributed by atoms with Gasteiger partial charge in [-0.1, -0.05) is 18.2 Å². The second-order valence-corrected chi connectivity index (χ2v) is 5.43. The SMILES string of the molecule is Cc1occc1C(=O)OCC(=O)NCCCN(C)c1ccccc1. The van der Waals surface area contributed by atoms with E-state index in [-0.39, 0.29) is 12.5 Å². The minimum Gasteiger partial charge on any atom is -0.469 e. The number of carbonyl (C=O) groups excluding carboxylic acids is 2. The summed E-state index contributed by atoms with van der Waals surface area (Å²) < 4.78 is 9.98.